The summed E-state index contributed by atoms with van der Waals surface area (Å²) in [6.07, 6.45) is 0. The summed E-state index contributed by atoms with van der Waals surface area (Å²) in [4.78, 5) is 11.6. The van der Waals surface area contributed by atoms with Crippen molar-refractivity contribution in [1.29, 1.82) is 0 Å². The highest BCUT2D eigenvalue weighted by molar-refractivity contribution is 5.93. The third-order valence-corrected chi connectivity index (χ3v) is 2.17. The van der Waals surface area contributed by atoms with Crippen LogP contribution in [0.1, 0.15) is 32.2 Å². The lowest BCUT2D eigenvalue weighted by Crippen LogP contribution is -2.41. The van der Waals surface area contributed by atoms with Gasteiger partial charge in [0.05, 0.1) is 23.6 Å². The standard InChI is InChI=1S/C11H20N4O/c1-7-10(8(2)15-14-7)13-9(16)6-12-11(3,4)5/h12H,6H2,1-5H3,(H,13,16)(H,14,15). The van der Waals surface area contributed by atoms with E-state index in [-0.39, 0.29) is 11.4 Å². The van der Waals surface area contributed by atoms with E-state index in [2.05, 4.69) is 20.8 Å². The zero-order valence-electron chi connectivity index (χ0n) is 10.6. The number of aromatic amines is 1. The van der Waals surface area contributed by atoms with Crippen LogP contribution in [0.25, 0.3) is 0 Å². The summed E-state index contributed by atoms with van der Waals surface area (Å²) in [7, 11) is 0. The van der Waals surface area contributed by atoms with Gasteiger partial charge in [-0.3, -0.25) is 9.89 Å². The number of rotatable bonds is 3. The Morgan fingerprint density at radius 2 is 2.00 bits per heavy atom. The Labute approximate surface area is 96.0 Å². The molecule has 0 aliphatic heterocycles. The molecule has 3 N–H and O–H groups in total. The number of aryl methyl sites for hydroxylation is 2. The fourth-order valence-corrected chi connectivity index (χ4v) is 1.26. The second-order valence-electron chi connectivity index (χ2n) is 4.96. The van der Waals surface area contributed by atoms with E-state index >= 15 is 0 Å². The zero-order valence-corrected chi connectivity index (χ0v) is 10.6. The second-order valence-corrected chi connectivity index (χ2v) is 4.96. The Kier molecular flexibility index (Phi) is 3.70. The van der Waals surface area contributed by atoms with Crippen molar-refractivity contribution in [1.82, 2.24) is 15.5 Å². The first kappa shape index (κ1) is 12.7. The first-order valence-corrected chi connectivity index (χ1v) is 5.36. The van der Waals surface area contributed by atoms with Gasteiger partial charge in [-0.1, -0.05) is 0 Å². The van der Waals surface area contributed by atoms with Crippen molar-refractivity contribution >= 4 is 11.6 Å². The van der Waals surface area contributed by atoms with Gasteiger partial charge >= 0.3 is 0 Å². The number of nitrogens with zero attached hydrogens (tertiary/aromatic N) is 1. The highest BCUT2D eigenvalue weighted by Gasteiger charge is 2.13. The fraction of sp³-hybridized carbons (Fsp3) is 0.636. The first-order valence-electron chi connectivity index (χ1n) is 5.36. The molecule has 0 aliphatic carbocycles. The van der Waals surface area contributed by atoms with E-state index < -0.39 is 0 Å². The summed E-state index contributed by atoms with van der Waals surface area (Å²) >= 11 is 0. The summed E-state index contributed by atoms with van der Waals surface area (Å²) in [5.74, 6) is -0.0532. The highest BCUT2D eigenvalue weighted by atomic mass is 16.1. The number of carbonyl (C=O) groups is 1. The predicted molar refractivity (Wildman–Crippen MR) is 64.4 cm³/mol. The number of nitrogens with one attached hydrogen (secondary N) is 3. The van der Waals surface area contributed by atoms with Gasteiger partial charge in [0.25, 0.3) is 0 Å². The number of amides is 1. The van der Waals surface area contributed by atoms with E-state index in [1.807, 2.05) is 34.6 Å². The summed E-state index contributed by atoms with van der Waals surface area (Å²) in [5, 5.41) is 12.8. The topological polar surface area (TPSA) is 69.8 Å². The molecule has 1 amide bonds. The third kappa shape index (κ3) is 3.66. The van der Waals surface area contributed by atoms with Gasteiger partial charge in [0.1, 0.15) is 0 Å². The Morgan fingerprint density at radius 3 is 2.44 bits per heavy atom. The van der Waals surface area contributed by atoms with Gasteiger partial charge in [0.2, 0.25) is 5.91 Å². The number of aromatic nitrogens is 2. The molecule has 0 aliphatic rings. The third-order valence-electron chi connectivity index (χ3n) is 2.17. The van der Waals surface area contributed by atoms with Crippen LogP contribution in [-0.2, 0) is 4.79 Å². The van der Waals surface area contributed by atoms with Crippen LogP contribution < -0.4 is 10.6 Å². The van der Waals surface area contributed by atoms with Gasteiger partial charge in [-0.05, 0) is 34.6 Å². The van der Waals surface area contributed by atoms with E-state index in [0.717, 1.165) is 17.1 Å². The minimum Gasteiger partial charge on any atom is -0.322 e. The Morgan fingerprint density at radius 1 is 1.38 bits per heavy atom. The van der Waals surface area contributed by atoms with Gasteiger partial charge in [-0.25, -0.2) is 0 Å². The van der Waals surface area contributed by atoms with Crippen molar-refractivity contribution in [3.05, 3.63) is 11.4 Å². The maximum Gasteiger partial charge on any atom is 0.238 e. The molecule has 1 aromatic heterocycles. The average Bonchev–Trinajstić information content (AvgIpc) is 2.45. The lowest BCUT2D eigenvalue weighted by atomic mass is 10.1. The van der Waals surface area contributed by atoms with Crippen LogP contribution >= 0.6 is 0 Å². The van der Waals surface area contributed by atoms with Gasteiger partial charge < -0.3 is 10.6 Å². The smallest absolute Gasteiger partial charge is 0.238 e. The van der Waals surface area contributed by atoms with Crippen molar-refractivity contribution in [3.8, 4) is 0 Å². The van der Waals surface area contributed by atoms with E-state index in [4.69, 9.17) is 0 Å². The van der Waals surface area contributed by atoms with E-state index in [1.54, 1.807) is 0 Å². The molecule has 0 atom stereocenters. The SMILES string of the molecule is Cc1n[nH]c(C)c1NC(=O)CNC(C)(C)C. The normalized spacial score (nSPS) is 11.6. The summed E-state index contributed by atoms with van der Waals surface area (Å²) in [5.41, 5.74) is 2.40. The molecule has 16 heavy (non-hydrogen) atoms. The molecule has 0 unspecified atom stereocenters. The summed E-state index contributed by atoms with van der Waals surface area (Å²) in [6, 6.07) is 0. The number of carbonyl (C=O) groups excluding carboxylic acids is 1. The van der Waals surface area contributed by atoms with E-state index in [0.29, 0.717) is 6.54 Å². The van der Waals surface area contributed by atoms with Gasteiger partial charge in [0.15, 0.2) is 0 Å². The monoisotopic (exact) mass is 224 g/mol. The lowest BCUT2D eigenvalue weighted by molar-refractivity contribution is -0.115. The largest absolute Gasteiger partial charge is 0.322 e. The van der Waals surface area contributed by atoms with Crippen LogP contribution in [0.3, 0.4) is 0 Å². The van der Waals surface area contributed by atoms with Crippen LogP contribution in [0.4, 0.5) is 5.69 Å². The van der Waals surface area contributed by atoms with E-state index in [9.17, 15) is 4.79 Å². The fourth-order valence-electron chi connectivity index (χ4n) is 1.26. The quantitative estimate of drug-likeness (QED) is 0.726. The average molecular weight is 224 g/mol. The van der Waals surface area contributed by atoms with Crippen LogP contribution in [0.15, 0.2) is 0 Å². The summed E-state index contributed by atoms with van der Waals surface area (Å²) < 4.78 is 0. The van der Waals surface area contributed by atoms with Crippen molar-refractivity contribution in [2.45, 2.75) is 40.2 Å². The van der Waals surface area contributed by atoms with Crippen molar-refractivity contribution < 1.29 is 4.79 Å². The van der Waals surface area contributed by atoms with Crippen LogP contribution in [-0.4, -0.2) is 28.2 Å². The molecule has 1 heterocycles. The molecule has 0 bridgehead atoms. The van der Waals surface area contributed by atoms with Crippen LogP contribution in [0.2, 0.25) is 0 Å². The lowest BCUT2D eigenvalue weighted by Gasteiger charge is -2.20. The molecular weight excluding hydrogens is 204 g/mol. The predicted octanol–water partition coefficient (Wildman–Crippen LogP) is 1.35. The molecule has 0 aromatic carbocycles. The molecule has 0 spiro atoms. The van der Waals surface area contributed by atoms with Gasteiger partial charge in [-0.2, -0.15) is 5.10 Å². The maximum absolute atomic E-state index is 11.6. The van der Waals surface area contributed by atoms with Gasteiger partial charge in [0, 0.05) is 5.54 Å². The molecule has 1 rings (SSSR count). The second kappa shape index (κ2) is 4.65. The Hall–Kier alpha value is -1.36. The number of hydrogen-bond donors (Lipinski definition) is 3. The van der Waals surface area contributed by atoms with Crippen molar-refractivity contribution in [2.24, 2.45) is 0 Å². The maximum atomic E-state index is 11.6. The number of hydrogen-bond acceptors (Lipinski definition) is 3. The molecule has 0 saturated heterocycles. The molecule has 5 heteroatoms. The minimum absolute atomic E-state index is 0.0532. The number of anilines is 1. The van der Waals surface area contributed by atoms with E-state index in [1.165, 1.54) is 0 Å². The first-order chi connectivity index (χ1) is 7.29. The summed E-state index contributed by atoms with van der Waals surface area (Å²) in [6.45, 7) is 10.1. The van der Waals surface area contributed by atoms with Gasteiger partial charge in [-0.15, -0.1) is 0 Å². The molecule has 0 radical (unpaired) electrons. The minimum atomic E-state index is -0.0577. The van der Waals surface area contributed by atoms with Crippen molar-refractivity contribution in [2.75, 3.05) is 11.9 Å². The zero-order chi connectivity index (χ0) is 12.3. The molecule has 1 aromatic rings. The van der Waals surface area contributed by atoms with Crippen LogP contribution in [0.5, 0.6) is 0 Å². The molecule has 5 nitrogen and oxygen atoms in total. The molecule has 0 fully saturated rings. The Bertz CT molecular complexity index is 356. The number of H-pyrrole nitrogens is 1. The molecule has 0 saturated carbocycles. The Balaban J connectivity index is 2.53. The van der Waals surface area contributed by atoms with Crippen molar-refractivity contribution in [3.63, 3.8) is 0 Å². The highest BCUT2D eigenvalue weighted by Crippen LogP contribution is 2.15. The van der Waals surface area contributed by atoms with Crippen LogP contribution in [0, 0.1) is 13.8 Å². The molecular formula is C11H20N4O. The molecule has 90 valence electrons.